The molecular weight excluding hydrogens is 298 g/mol. The summed E-state index contributed by atoms with van der Waals surface area (Å²) < 4.78 is 1.99. The zero-order valence-electron chi connectivity index (χ0n) is 14.2. The van der Waals surface area contributed by atoms with Gasteiger partial charge < -0.3 is 5.32 Å². The lowest BCUT2D eigenvalue weighted by atomic mass is 10.1. The minimum atomic E-state index is 0.0638. The minimum absolute atomic E-state index is 0.0638. The molecule has 1 unspecified atom stereocenters. The van der Waals surface area contributed by atoms with Crippen molar-refractivity contribution < 1.29 is 0 Å². The molecule has 0 saturated heterocycles. The molecule has 5 nitrogen and oxygen atoms in total. The summed E-state index contributed by atoms with van der Waals surface area (Å²) in [6.45, 7) is 2.24. The molecule has 0 bridgehead atoms. The number of pyridine rings is 1. The lowest BCUT2D eigenvalue weighted by Gasteiger charge is -2.20. The van der Waals surface area contributed by atoms with Crippen LogP contribution in [0, 0.1) is 0 Å². The van der Waals surface area contributed by atoms with Gasteiger partial charge >= 0.3 is 0 Å². The molecule has 0 aliphatic heterocycles. The van der Waals surface area contributed by atoms with Crippen molar-refractivity contribution in [3.63, 3.8) is 0 Å². The van der Waals surface area contributed by atoms with E-state index in [-0.39, 0.29) is 6.17 Å². The molecule has 24 heavy (non-hydrogen) atoms. The molecule has 5 heteroatoms. The Hall–Kier alpha value is -2.43. The Morgan fingerprint density at radius 2 is 1.83 bits per heavy atom. The number of hydrogen-bond acceptors (Lipinski definition) is 4. The highest BCUT2D eigenvalue weighted by atomic mass is 15.5. The molecule has 0 amide bonds. The summed E-state index contributed by atoms with van der Waals surface area (Å²) in [5, 5.41) is 12.2. The van der Waals surface area contributed by atoms with Crippen LogP contribution in [0.25, 0.3) is 11.0 Å². The van der Waals surface area contributed by atoms with Gasteiger partial charge in [-0.2, -0.15) is 0 Å². The summed E-state index contributed by atoms with van der Waals surface area (Å²) in [6, 6.07) is 14.0. The van der Waals surface area contributed by atoms with Crippen LogP contribution in [-0.2, 0) is 0 Å². The van der Waals surface area contributed by atoms with Gasteiger partial charge in [0.15, 0.2) is 0 Å². The number of nitrogens with zero attached hydrogens (tertiary/aromatic N) is 4. The molecule has 3 aromatic rings. The Morgan fingerprint density at radius 3 is 2.67 bits per heavy atom. The van der Waals surface area contributed by atoms with Crippen LogP contribution in [0.2, 0.25) is 0 Å². The number of benzene rings is 1. The van der Waals surface area contributed by atoms with E-state index in [1.54, 1.807) is 6.20 Å². The highest BCUT2D eigenvalue weighted by molar-refractivity contribution is 5.74. The van der Waals surface area contributed by atoms with Crippen LogP contribution >= 0.6 is 0 Å². The molecular formula is C19H25N5. The molecule has 126 valence electrons. The Kier molecular flexibility index (Phi) is 5.77. The second-order valence-corrected chi connectivity index (χ2v) is 6.10. The monoisotopic (exact) mass is 323 g/mol. The van der Waals surface area contributed by atoms with Crippen molar-refractivity contribution in [1.82, 2.24) is 20.0 Å². The minimum Gasteiger partial charge on any atom is -0.348 e. The molecule has 0 aliphatic carbocycles. The fourth-order valence-electron chi connectivity index (χ4n) is 2.93. The van der Waals surface area contributed by atoms with E-state index in [0.29, 0.717) is 0 Å². The van der Waals surface area contributed by atoms with E-state index in [0.717, 1.165) is 23.3 Å². The number of anilines is 1. The zero-order valence-corrected chi connectivity index (χ0v) is 14.2. The molecule has 0 spiro atoms. The normalized spacial score (nSPS) is 12.4. The number of para-hydroxylation sites is 1. The number of rotatable bonds is 9. The van der Waals surface area contributed by atoms with E-state index in [1.807, 2.05) is 41.1 Å². The van der Waals surface area contributed by atoms with Gasteiger partial charge in [0.1, 0.15) is 17.5 Å². The van der Waals surface area contributed by atoms with Crippen molar-refractivity contribution in [2.24, 2.45) is 0 Å². The van der Waals surface area contributed by atoms with Crippen molar-refractivity contribution in [2.75, 3.05) is 5.32 Å². The molecule has 1 atom stereocenters. The van der Waals surface area contributed by atoms with Crippen LogP contribution in [0.15, 0.2) is 48.7 Å². The first-order valence-electron chi connectivity index (χ1n) is 8.86. The summed E-state index contributed by atoms with van der Waals surface area (Å²) in [5.41, 5.74) is 1.98. The van der Waals surface area contributed by atoms with Gasteiger partial charge in [-0.3, -0.25) is 0 Å². The number of nitrogens with one attached hydrogen (secondary N) is 1. The van der Waals surface area contributed by atoms with E-state index < -0.39 is 0 Å². The topological polar surface area (TPSA) is 55.6 Å². The lowest BCUT2D eigenvalue weighted by molar-refractivity contribution is 0.444. The van der Waals surface area contributed by atoms with E-state index in [9.17, 15) is 0 Å². The second-order valence-electron chi connectivity index (χ2n) is 6.10. The fraction of sp³-hybridized carbons (Fsp3) is 0.421. The summed E-state index contributed by atoms with van der Waals surface area (Å²) in [5.74, 6) is 0.871. The number of hydrogen-bond donors (Lipinski definition) is 1. The third-order valence-electron chi connectivity index (χ3n) is 4.23. The van der Waals surface area contributed by atoms with Gasteiger partial charge in [0, 0.05) is 6.20 Å². The maximum absolute atomic E-state index is 4.39. The van der Waals surface area contributed by atoms with E-state index in [1.165, 1.54) is 32.1 Å². The molecule has 0 aliphatic rings. The SMILES string of the molecule is CCCCCCCC(Nc1ccccn1)n1nnc2ccccc21. The van der Waals surface area contributed by atoms with E-state index >= 15 is 0 Å². The number of unbranched alkanes of at least 4 members (excludes halogenated alkanes) is 4. The first-order valence-corrected chi connectivity index (χ1v) is 8.86. The first kappa shape index (κ1) is 16.4. The molecule has 2 heterocycles. The predicted molar refractivity (Wildman–Crippen MR) is 97.8 cm³/mol. The quantitative estimate of drug-likeness (QED) is 0.575. The van der Waals surface area contributed by atoms with Gasteiger partial charge in [-0.25, -0.2) is 9.67 Å². The molecule has 0 radical (unpaired) electrons. The van der Waals surface area contributed by atoms with Crippen molar-refractivity contribution in [2.45, 2.75) is 51.6 Å². The maximum Gasteiger partial charge on any atom is 0.127 e. The fourth-order valence-corrected chi connectivity index (χ4v) is 2.93. The highest BCUT2D eigenvalue weighted by Gasteiger charge is 2.15. The van der Waals surface area contributed by atoms with Crippen LogP contribution in [-0.4, -0.2) is 20.0 Å². The maximum atomic E-state index is 4.39. The summed E-state index contributed by atoms with van der Waals surface area (Å²) in [4.78, 5) is 4.39. The van der Waals surface area contributed by atoms with Gasteiger partial charge in [-0.05, 0) is 37.1 Å². The lowest BCUT2D eigenvalue weighted by Crippen LogP contribution is -2.20. The van der Waals surface area contributed by atoms with E-state index in [2.05, 4.69) is 33.6 Å². The standard InChI is InChI=1S/C19H25N5/c1-2-3-4-5-6-14-19(21-18-13-9-10-15-20-18)24-17-12-8-7-11-16(17)22-23-24/h7-13,15,19H,2-6,14H2,1H3,(H,20,21). The first-order chi connectivity index (χ1) is 11.9. The third kappa shape index (κ3) is 4.10. The van der Waals surface area contributed by atoms with Gasteiger partial charge in [-0.15, -0.1) is 5.10 Å². The van der Waals surface area contributed by atoms with Gasteiger partial charge in [0.25, 0.3) is 0 Å². The van der Waals surface area contributed by atoms with Gasteiger partial charge in [-0.1, -0.05) is 56.0 Å². The Labute approximate surface area is 143 Å². The zero-order chi connectivity index (χ0) is 16.6. The Balaban J connectivity index is 1.76. The Bertz CT molecular complexity index is 738. The van der Waals surface area contributed by atoms with Crippen molar-refractivity contribution in [3.8, 4) is 0 Å². The third-order valence-corrected chi connectivity index (χ3v) is 4.23. The van der Waals surface area contributed by atoms with Crippen molar-refractivity contribution in [1.29, 1.82) is 0 Å². The van der Waals surface area contributed by atoms with Crippen molar-refractivity contribution in [3.05, 3.63) is 48.7 Å². The van der Waals surface area contributed by atoms with E-state index in [4.69, 9.17) is 0 Å². The Morgan fingerprint density at radius 1 is 1.00 bits per heavy atom. The van der Waals surface area contributed by atoms with Crippen LogP contribution in [0.5, 0.6) is 0 Å². The summed E-state index contributed by atoms with van der Waals surface area (Å²) in [6.07, 6.45) is 9.17. The highest BCUT2D eigenvalue weighted by Crippen LogP contribution is 2.22. The second kappa shape index (κ2) is 8.43. The smallest absolute Gasteiger partial charge is 0.127 e. The van der Waals surface area contributed by atoms with Gasteiger partial charge in [0.05, 0.1) is 5.52 Å². The van der Waals surface area contributed by atoms with Crippen LogP contribution in [0.4, 0.5) is 5.82 Å². The van der Waals surface area contributed by atoms with Crippen molar-refractivity contribution >= 4 is 16.9 Å². The number of fused-ring (bicyclic) bond motifs is 1. The number of aromatic nitrogens is 4. The molecule has 1 aromatic carbocycles. The largest absolute Gasteiger partial charge is 0.348 e. The molecule has 1 N–H and O–H groups in total. The van der Waals surface area contributed by atoms with Crippen LogP contribution in [0.1, 0.15) is 51.6 Å². The summed E-state index contributed by atoms with van der Waals surface area (Å²) >= 11 is 0. The molecule has 0 fully saturated rings. The molecule has 0 saturated carbocycles. The molecule has 3 rings (SSSR count). The van der Waals surface area contributed by atoms with Crippen LogP contribution in [0.3, 0.4) is 0 Å². The average Bonchev–Trinajstić information content (AvgIpc) is 3.05. The van der Waals surface area contributed by atoms with Gasteiger partial charge in [0.2, 0.25) is 0 Å². The summed E-state index contributed by atoms with van der Waals surface area (Å²) in [7, 11) is 0. The average molecular weight is 323 g/mol. The molecule has 2 aromatic heterocycles. The predicted octanol–water partition coefficient (Wildman–Crippen LogP) is 4.80. The van der Waals surface area contributed by atoms with Crippen LogP contribution < -0.4 is 5.32 Å².